The van der Waals surface area contributed by atoms with Gasteiger partial charge in [0.15, 0.2) is 17.2 Å². The van der Waals surface area contributed by atoms with Crippen molar-refractivity contribution in [3.63, 3.8) is 0 Å². The second-order valence-corrected chi connectivity index (χ2v) is 8.76. The first-order chi connectivity index (χ1) is 18.1. The van der Waals surface area contributed by atoms with E-state index in [2.05, 4.69) is 20.3 Å². The molecule has 3 heterocycles. The van der Waals surface area contributed by atoms with Crippen LogP contribution in [-0.4, -0.2) is 62.5 Å². The first kappa shape index (κ1) is 24.8. The van der Waals surface area contributed by atoms with E-state index >= 15 is 0 Å². The molecule has 192 valence electrons. The van der Waals surface area contributed by atoms with Gasteiger partial charge >= 0.3 is 5.97 Å². The van der Waals surface area contributed by atoms with Crippen LogP contribution in [0.3, 0.4) is 0 Å². The molecule has 0 spiro atoms. The van der Waals surface area contributed by atoms with Gasteiger partial charge in [-0.3, -0.25) is 9.36 Å². The van der Waals surface area contributed by atoms with Crippen molar-refractivity contribution in [2.24, 2.45) is 0 Å². The second kappa shape index (κ2) is 11.0. The van der Waals surface area contributed by atoms with Gasteiger partial charge in [-0.2, -0.15) is 0 Å². The number of ether oxygens (including phenoxy) is 3. The van der Waals surface area contributed by atoms with Crippen LogP contribution < -0.4 is 11.1 Å². The average Bonchev–Trinajstić information content (AvgIpc) is 3.50. The smallest absolute Gasteiger partial charge is 0.317 e. The molecule has 0 aliphatic carbocycles. The first-order valence-electron chi connectivity index (χ1n) is 11.9. The highest BCUT2D eigenvalue weighted by atomic mass is 16.6. The number of carbonyl (C=O) groups is 1. The maximum Gasteiger partial charge on any atom is 0.317 e. The Labute approximate surface area is 213 Å². The van der Waals surface area contributed by atoms with Crippen molar-refractivity contribution in [3.05, 3.63) is 84.4 Å². The van der Waals surface area contributed by atoms with Crippen LogP contribution in [0.5, 0.6) is 0 Å². The van der Waals surface area contributed by atoms with Gasteiger partial charge in [-0.05, 0) is 11.1 Å². The number of fused-ring (bicyclic) bond motifs is 1. The Bertz CT molecular complexity index is 1340. The summed E-state index contributed by atoms with van der Waals surface area (Å²) in [4.78, 5) is 24.1. The van der Waals surface area contributed by atoms with Crippen molar-refractivity contribution in [2.75, 3.05) is 25.4 Å². The molecule has 2 aromatic heterocycles. The normalized spacial score (nSPS) is 21.4. The summed E-state index contributed by atoms with van der Waals surface area (Å²) in [5.74, 6) is -0.707. The molecule has 11 heteroatoms. The van der Waals surface area contributed by atoms with Crippen LogP contribution in [0.1, 0.15) is 11.1 Å². The summed E-state index contributed by atoms with van der Waals surface area (Å²) in [5.41, 5.74) is 7.77. The molecule has 1 aliphatic heterocycles. The molecule has 4 N–H and O–H groups in total. The van der Waals surface area contributed by atoms with Gasteiger partial charge in [0.1, 0.15) is 24.1 Å². The fourth-order valence-electron chi connectivity index (χ4n) is 4.48. The van der Waals surface area contributed by atoms with Gasteiger partial charge in [0, 0.05) is 6.54 Å². The zero-order valence-electron chi connectivity index (χ0n) is 20.1. The van der Waals surface area contributed by atoms with E-state index < -0.39 is 23.9 Å². The molecule has 5 rings (SSSR count). The van der Waals surface area contributed by atoms with Crippen molar-refractivity contribution in [3.8, 4) is 0 Å². The number of nitrogens with two attached hydrogens (primary N) is 1. The Morgan fingerprint density at radius 1 is 1.08 bits per heavy atom. The Morgan fingerprint density at radius 3 is 2.49 bits per heavy atom. The first-order valence-corrected chi connectivity index (χ1v) is 11.9. The van der Waals surface area contributed by atoms with E-state index in [0.29, 0.717) is 17.8 Å². The highest BCUT2D eigenvalue weighted by Gasteiger charge is 2.54. The molecule has 1 aliphatic rings. The fraction of sp³-hybridized carbons (Fsp3) is 0.308. The van der Waals surface area contributed by atoms with E-state index in [1.165, 1.54) is 6.33 Å². The summed E-state index contributed by atoms with van der Waals surface area (Å²) in [6.07, 6.45) is 1.82. The minimum atomic E-state index is -1.17. The van der Waals surface area contributed by atoms with Gasteiger partial charge in [0.2, 0.25) is 0 Å². The number of aromatic nitrogens is 4. The lowest BCUT2D eigenvalue weighted by atomic mass is 10.0. The van der Waals surface area contributed by atoms with Crippen molar-refractivity contribution in [1.29, 1.82) is 0 Å². The average molecular weight is 505 g/mol. The Hall–Kier alpha value is -3.90. The lowest BCUT2D eigenvalue weighted by Gasteiger charge is -2.36. The minimum Gasteiger partial charge on any atom is -0.480 e. The third-order valence-corrected chi connectivity index (χ3v) is 6.28. The molecule has 0 radical (unpaired) electrons. The predicted octanol–water partition coefficient (Wildman–Crippen LogP) is 1.94. The molecule has 0 bridgehead atoms. The van der Waals surface area contributed by atoms with Gasteiger partial charge in [-0.15, -0.1) is 0 Å². The monoisotopic (exact) mass is 504 g/mol. The number of hydrogen-bond acceptors (Lipinski definition) is 9. The van der Waals surface area contributed by atoms with E-state index in [-0.39, 0.29) is 32.1 Å². The molecule has 4 aromatic rings. The molecule has 3 unspecified atom stereocenters. The van der Waals surface area contributed by atoms with Gasteiger partial charge in [0.25, 0.3) is 0 Å². The van der Waals surface area contributed by atoms with Gasteiger partial charge in [-0.25, -0.2) is 15.0 Å². The molecular weight excluding hydrogens is 476 g/mol. The number of imidazole rings is 1. The largest absolute Gasteiger partial charge is 0.480 e. The number of aliphatic carboxylic acids is 1. The van der Waals surface area contributed by atoms with Crippen molar-refractivity contribution < 1.29 is 24.1 Å². The number of hydrogen-bond donors (Lipinski definition) is 3. The number of carboxylic acids is 1. The third kappa shape index (κ3) is 5.30. The van der Waals surface area contributed by atoms with Crippen molar-refractivity contribution >= 4 is 23.0 Å². The predicted molar refractivity (Wildman–Crippen MR) is 134 cm³/mol. The van der Waals surface area contributed by atoms with Gasteiger partial charge < -0.3 is 30.4 Å². The minimum absolute atomic E-state index is 0.119. The number of nitrogens with one attached hydrogen (secondary N) is 1. The van der Waals surface area contributed by atoms with E-state index in [9.17, 15) is 4.79 Å². The number of carboxylic acid groups (broad SMARTS) is 1. The van der Waals surface area contributed by atoms with E-state index in [4.69, 9.17) is 25.1 Å². The molecule has 2 aromatic carbocycles. The lowest BCUT2D eigenvalue weighted by molar-refractivity contribution is -0.185. The topological polar surface area (TPSA) is 147 Å². The summed E-state index contributed by atoms with van der Waals surface area (Å²) in [5, 5.41) is 12.0. The maximum absolute atomic E-state index is 11.1. The number of nitrogens with zero attached hydrogens (tertiary/aromatic N) is 4. The van der Waals surface area contributed by atoms with Gasteiger partial charge in [0.05, 0.1) is 32.7 Å². The highest BCUT2D eigenvalue weighted by Crippen LogP contribution is 2.39. The van der Waals surface area contributed by atoms with E-state index in [0.717, 1.165) is 11.1 Å². The lowest BCUT2D eigenvalue weighted by Crippen LogP contribution is -2.51. The van der Waals surface area contributed by atoms with Crippen LogP contribution in [0.4, 0.5) is 5.82 Å². The Morgan fingerprint density at radius 2 is 1.78 bits per heavy atom. The molecule has 1 saturated heterocycles. The second-order valence-electron chi connectivity index (χ2n) is 8.76. The van der Waals surface area contributed by atoms with Gasteiger partial charge in [-0.1, -0.05) is 60.7 Å². The number of nitrogen functional groups attached to an aromatic ring is 1. The Balaban J connectivity index is 1.53. The third-order valence-electron chi connectivity index (χ3n) is 6.28. The summed E-state index contributed by atoms with van der Waals surface area (Å²) in [7, 11) is 0. The van der Waals surface area contributed by atoms with Crippen LogP contribution >= 0.6 is 0 Å². The SMILES string of the molecule is Nc1ncnc2c1ncn2C1(OCc2ccccc2)COC(CNCC(=O)O)C1OCc1ccccc1. The van der Waals surface area contributed by atoms with Crippen LogP contribution in [0, 0.1) is 0 Å². The van der Waals surface area contributed by atoms with Crippen molar-refractivity contribution in [2.45, 2.75) is 31.1 Å². The number of rotatable bonds is 11. The highest BCUT2D eigenvalue weighted by molar-refractivity contribution is 5.81. The van der Waals surface area contributed by atoms with E-state index in [1.54, 1.807) is 10.9 Å². The molecular formula is C26H28N6O5. The molecule has 0 amide bonds. The van der Waals surface area contributed by atoms with Crippen LogP contribution in [0.25, 0.3) is 11.2 Å². The van der Waals surface area contributed by atoms with Crippen molar-refractivity contribution in [1.82, 2.24) is 24.8 Å². The standard InChI is InChI=1S/C26H28N6O5/c27-24-22-25(30-16-29-24)32(17-31-22)26(37-14-19-9-5-2-6-10-19)15-36-20(11-28-12-21(33)34)23(26)35-13-18-7-3-1-4-8-18/h1-10,16-17,20,23,28H,11-15H2,(H,33,34)(H2,27,29,30). The summed E-state index contributed by atoms with van der Waals surface area (Å²) >= 11 is 0. The molecule has 0 saturated carbocycles. The fourth-order valence-corrected chi connectivity index (χ4v) is 4.48. The number of anilines is 1. The quantitative estimate of drug-likeness (QED) is 0.277. The summed E-state index contributed by atoms with van der Waals surface area (Å²) in [6, 6.07) is 19.5. The van der Waals surface area contributed by atoms with E-state index in [1.807, 2.05) is 60.7 Å². The zero-order valence-corrected chi connectivity index (χ0v) is 20.1. The maximum atomic E-state index is 11.1. The number of benzene rings is 2. The summed E-state index contributed by atoms with van der Waals surface area (Å²) < 4.78 is 21.2. The zero-order chi connectivity index (χ0) is 25.7. The molecule has 37 heavy (non-hydrogen) atoms. The molecule has 11 nitrogen and oxygen atoms in total. The van der Waals surface area contributed by atoms with Crippen LogP contribution in [-0.2, 0) is 37.9 Å². The Kier molecular flexibility index (Phi) is 7.37. The van der Waals surface area contributed by atoms with Crippen LogP contribution in [0.15, 0.2) is 73.3 Å². The molecule has 1 fully saturated rings. The van der Waals surface area contributed by atoms with Crippen LogP contribution in [0.2, 0.25) is 0 Å². The molecule has 3 atom stereocenters. The summed E-state index contributed by atoms with van der Waals surface area (Å²) in [6.45, 7) is 0.719.